The molecular weight excluding hydrogens is 292 g/mol. The highest BCUT2D eigenvalue weighted by molar-refractivity contribution is 5.58. The van der Waals surface area contributed by atoms with Crippen LogP contribution in [0.3, 0.4) is 0 Å². The van der Waals surface area contributed by atoms with Gasteiger partial charge in [-0.15, -0.1) is 5.10 Å². The molecule has 2 fully saturated rings. The van der Waals surface area contributed by atoms with Gasteiger partial charge in [0.15, 0.2) is 11.6 Å². The number of hydrogen-bond acceptors (Lipinski definition) is 7. The molecule has 0 spiro atoms. The summed E-state index contributed by atoms with van der Waals surface area (Å²) < 4.78 is 5.44. The van der Waals surface area contributed by atoms with E-state index in [1.54, 1.807) is 0 Å². The monoisotopic (exact) mass is 310 g/mol. The molecule has 4 rings (SSSR count). The van der Waals surface area contributed by atoms with Gasteiger partial charge in [-0.2, -0.15) is 15.3 Å². The lowest BCUT2D eigenvalue weighted by Crippen LogP contribution is -2.23. The largest absolute Gasteiger partial charge is 0.353 e. The predicted molar refractivity (Wildman–Crippen MR) is 82.1 cm³/mol. The average Bonchev–Trinajstić information content (AvgIpc) is 3.10. The Hall–Kier alpha value is -2.49. The Morgan fingerprint density at radius 3 is 2.74 bits per heavy atom. The molecule has 0 N–H and O–H groups in total. The number of nitrogens with zero attached hydrogens (tertiary/aromatic N) is 6. The van der Waals surface area contributed by atoms with Crippen molar-refractivity contribution in [1.29, 1.82) is 5.26 Å². The van der Waals surface area contributed by atoms with Crippen LogP contribution < -0.4 is 4.90 Å². The molecule has 1 atom stereocenters. The lowest BCUT2D eigenvalue weighted by molar-refractivity contribution is 0.355. The van der Waals surface area contributed by atoms with E-state index in [2.05, 4.69) is 31.3 Å². The Morgan fingerprint density at radius 2 is 2.00 bits per heavy atom. The third kappa shape index (κ3) is 2.44. The minimum Gasteiger partial charge on any atom is -0.353 e. The van der Waals surface area contributed by atoms with Crippen molar-refractivity contribution in [1.82, 2.24) is 20.3 Å². The third-order valence-electron chi connectivity index (χ3n) is 4.78. The van der Waals surface area contributed by atoms with Crippen molar-refractivity contribution >= 4 is 5.82 Å². The van der Waals surface area contributed by atoms with Gasteiger partial charge in [0.1, 0.15) is 11.6 Å². The summed E-state index contributed by atoms with van der Waals surface area (Å²) in [5, 5.41) is 22.0. The van der Waals surface area contributed by atoms with Crippen LogP contribution in [0.5, 0.6) is 0 Å². The van der Waals surface area contributed by atoms with Crippen molar-refractivity contribution in [3.8, 4) is 6.07 Å². The van der Waals surface area contributed by atoms with Crippen LogP contribution in [-0.2, 0) is 0 Å². The molecule has 0 aromatic carbocycles. The Bertz CT molecular complexity index is 788. The zero-order chi connectivity index (χ0) is 16.0. The summed E-state index contributed by atoms with van der Waals surface area (Å²) in [7, 11) is 0. The van der Waals surface area contributed by atoms with Crippen LogP contribution in [0.25, 0.3) is 0 Å². The van der Waals surface area contributed by atoms with Gasteiger partial charge in [0, 0.05) is 19.0 Å². The molecule has 3 heterocycles. The molecule has 1 aliphatic carbocycles. The van der Waals surface area contributed by atoms with Gasteiger partial charge in [-0.25, -0.2) is 0 Å². The SMILES string of the molecule is Cc1nnc(N2CC[C@H](c3nc(C4CC4)no3)C2)c(C#N)c1C. The maximum Gasteiger partial charge on any atom is 0.231 e. The highest BCUT2D eigenvalue weighted by Crippen LogP contribution is 2.39. The molecule has 7 heteroatoms. The normalized spacial score (nSPS) is 20.7. The summed E-state index contributed by atoms with van der Waals surface area (Å²) in [4.78, 5) is 6.65. The van der Waals surface area contributed by atoms with E-state index in [1.165, 1.54) is 12.8 Å². The van der Waals surface area contributed by atoms with Crippen LogP contribution in [0.15, 0.2) is 4.52 Å². The molecule has 0 amide bonds. The van der Waals surface area contributed by atoms with Crippen molar-refractivity contribution in [3.05, 3.63) is 28.5 Å². The van der Waals surface area contributed by atoms with E-state index in [-0.39, 0.29) is 5.92 Å². The van der Waals surface area contributed by atoms with E-state index in [1.807, 2.05) is 13.8 Å². The second kappa shape index (κ2) is 5.30. The first kappa shape index (κ1) is 14.1. The minimum absolute atomic E-state index is 0.199. The maximum absolute atomic E-state index is 9.45. The van der Waals surface area contributed by atoms with E-state index >= 15 is 0 Å². The molecule has 1 saturated carbocycles. The molecular formula is C16H18N6O. The molecule has 0 unspecified atom stereocenters. The van der Waals surface area contributed by atoms with Gasteiger partial charge < -0.3 is 9.42 Å². The Kier molecular flexibility index (Phi) is 3.26. The van der Waals surface area contributed by atoms with Crippen molar-refractivity contribution in [2.45, 2.75) is 44.9 Å². The van der Waals surface area contributed by atoms with Crippen LogP contribution in [0.4, 0.5) is 5.82 Å². The summed E-state index contributed by atoms with van der Waals surface area (Å²) in [5.41, 5.74) is 2.31. The molecule has 2 aromatic rings. The first-order valence-corrected chi connectivity index (χ1v) is 7.99. The second-order valence-electron chi connectivity index (χ2n) is 6.42. The third-order valence-corrected chi connectivity index (χ3v) is 4.78. The zero-order valence-electron chi connectivity index (χ0n) is 13.3. The van der Waals surface area contributed by atoms with Crippen molar-refractivity contribution < 1.29 is 4.52 Å². The van der Waals surface area contributed by atoms with Gasteiger partial charge in [-0.1, -0.05) is 5.16 Å². The van der Waals surface area contributed by atoms with Crippen molar-refractivity contribution in [3.63, 3.8) is 0 Å². The lowest BCUT2D eigenvalue weighted by atomic mass is 10.1. The number of anilines is 1. The molecule has 2 aromatic heterocycles. The summed E-state index contributed by atoms with van der Waals surface area (Å²) >= 11 is 0. The van der Waals surface area contributed by atoms with E-state index in [4.69, 9.17) is 4.52 Å². The number of aromatic nitrogens is 4. The molecule has 118 valence electrons. The second-order valence-corrected chi connectivity index (χ2v) is 6.42. The smallest absolute Gasteiger partial charge is 0.231 e. The number of aryl methyl sites for hydroxylation is 1. The Balaban J connectivity index is 1.56. The fourth-order valence-electron chi connectivity index (χ4n) is 3.03. The molecule has 0 radical (unpaired) electrons. The standard InChI is InChI=1S/C16H18N6O/c1-9-10(2)19-20-15(13(9)7-17)22-6-5-12(8-22)16-18-14(21-23-16)11-3-4-11/h11-12H,3-6,8H2,1-2H3/t12-/m0/s1. The Labute approximate surface area is 134 Å². The van der Waals surface area contributed by atoms with Crippen LogP contribution in [0, 0.1) is 25.2 Å². The van der Waals surface area contributed by atoms with Gasteiger partial charge in [0.25, 0.3) is 0 Å². The van der Waals surface area contributed by atoms with Gasteiger partial charge in [-0.3, -0.25) is 0 Å². The van der Waals surface area contributed by atoms with Crippen LogP contribution in [-0.4, -0.2) is 33.4 Å². The van der Waals surface area contributed by atoms with E-state index in [0.29, 0.717) is 23.2 Å². The highest BCUT2D eigenvalue weighted by atomic mass is 16.5. The summed E-state index contributed by atoms with van der Waals surface area (Å²) in [5.74, 6) is 2.93. The highest BCUT2D eigenvalue weighted by Gasteiger charge is 2.34. The van der Waals surface area contributed by atoms with Crippen molar-refractivity contribution in [2.24, 2.45) is 0 Å². The van der Waals surface area contributed by atoms with Gasteiger partial charge in [0.05, 0.1) is 11.6 Å². The first-order valence-electron chi connectivity index (χ1n) is 7.99. The topological polar surface area (TPSA) is 91.7 Å². The number of rotatable bonds is 3. The van der Waals surface area contributed by atoms with Gasteiger partial charge in [-0.05, 0) is 38.7 Å². The molecule has 1 aliphatic heterocycles. The fraction of sp³-hybridized carbons (Fsp3) is 0.562. The fourth-order valence-corrected chi connectivity index (χ4v) is 3.03. The molecule has 1 saturated heterocycles. The molecule has 2 aliphatic rings. The number of hydrogen-bond donors (Lipinski definition) is 0. The molecule has 23 heavy (non-hydrogen) atoms. The summed E-state index contributed by atoms with van der Waals surface area (Å²) in [6.45, 7) is 5.34. The van der Waals surface area contributed by atoms with Gasteiger partial charge in [0.2, 0.25) is 5.89 Å². The van der Waals surface area contributed by atoms with Crippen LogP contribution in [0.2, 0.25) is 0 Å². The van der Waals surface area contributed by atoms with Crippen LogP contribution in [0.1, 0.15) is 59.6 Å². The minimum atomic E-state index is 0.199. The molecule has 7 nitrogen and oxygen atoms in total. The average molecular weight is 310 g/mol. The summed E-state index contributed by atoms with van der Waals surface area (Å²) in [6.07, 6.45) is 3.25. The van der Waals surface area contributed by atoms with E-state index < -0.39 is 0 Å². The zero-order valence-corrected chi connectivity index (χ0v) is 13.3. The van der Waals surface area contributed by atoms with E-state index in [0.717, 1.165) is 36.6 Å². The van der Waals surface area contributed by atoms with Crippen LogP contribution >= 0.6 is 0 Å². The van der Waals surface area contributed by atoms with E-state index in [9.17, 15) is 5.26 Å². The number of nitriles is 1. The lowest BCUT2D eigenvalue weighted by Gasteiger charge is -2.18. The first-order chi connectivity index (χ1) is 11.2. The summed E-state index contributed by atoms with van der Waals surface area (Å²) in [6, 6.07) is 2.27. The van der Waals surface area contributed by atoms with Gasteiger partial charge >= 0.3 is 0 Å². The molecule has 0 bridgehead atoms. The maximum atomic E-state index is 9.45. The predicted octanol–water partition coefficient (Wildman–Crippen LogP) is 2.22. The Morgan fingerprint density at radius 1 is 1.17 bits per heavy atom. The van der Waals surface area contributed by atoms with Crippen molar-refractivity contribution in [2.75, 3.05) is 18.0 Å². The quantitative estimate of drug-likeness (QED) is 0.858.